The van der Waals surface area contributed by atoms with Gasteiger partial charge >= 0.3 is 5.97 Å². The van der Waals surface area contributed by atoms with Gasteiger partial charge in [-0.2, -0.15) is 0 Å². The van der Waals surface area contributed by atoms with Gasteiger partial charge in [0.2, 0.25) is 11.3 Å². The van der Waals surface area contributed by atoms with Gasteiger partial charge in [0.25, 0.3) is 0 Å². The predicted octanol–water partition coefficient (Wildman–Crippen LogP) is -1.22. The molecule has 5 N–H and O–H groups in total. The fourth-order valence-electron chi connectivity index (χ4n) is 1.58. The molecule has 20 heavy (non-hydrogen) atoms. The van der Waals surface area contributed by atoms with Crippen LogP contribution in [-0.4, -0.2) is 39.2 Å². The number of hydrogen-bond donors (Lipinski definition) is 4. The molecule has 1 heterocycles. The van der Waals surface area contributed by atoms with E-state index >= 15 is 0 Å². The maximum Gasteiger partial charge on any atom is 0.321 e. The minimum atomic E-state index is -1.23. The van der Waals surface area contributed by atoms with Gasteiger partial charge in [0.05, 0.1) is 12.1 Å². The first-order chi connectivity index (χ1) is 9.32. The largest absolute Gasteiger partial charge is 0.503 e. The van der Waals surface area contributed by atoms with Crippen LogP contribution in [0, 0.1) is 6.92 Å². The molecule has 0 aliphatic heterocycles. The third-order valence-corrected chi connectivity index (χ3v) is 2.81. The Bertz CT molecular complexity index is 567. The summed E-state index contributed by atoms with van der Waals surface area (Å²) in [6.45, 7) is 2.15. The monoisotopic (exact) mass is 283 g/mol. The summed E-state index contributed by atoms with van der Waals surface area (Å²) in [4.78, 5) is 33.0. The van der Waals surface area contributed by atoms with Crippen molar-refractivity contribution in [2.45, 2.75) is 25.9 Å². The first-order valence-corrected chi connectivity index (χ1v) is 5.97. The molecule has 0 saturated heterocycles. The van der Waals surface area contributed by atoms with E-state index in [9.17, 15) is 19.5 Å². The molecule has 0 aliphatic rings. The molecule has 1 aromatic heterocycles. The Morgan fingerprint density at radius 3 is 2.75 bits per heavy atom. The van der Waals surface area contributed by atoms with E-state index in [1.165, 1.54) is 12.3 Å². The van der Waals surface area contributed by atoms with E-state index in [2.05, 4.69) is 5.32 Å². The van der Waals surface area contributed by atoms with Gasteiger partial charge in [-0.1, -0.05) is 0 Å². The highest BCUT2D eigenvalue weighted by Gasteiger charge is 2.15. The van der Waals surface area contributed by atoms with Crippen molar-refractivity contribution in [1.29, 1.82) is 0 Å². The van der Waals surface area contributed by atoms with Gasteiger partial charge < -0.3 is 25.8 Å². The highest BCUT2D eigenvalue weighted by Crippen LogP contribution is 2.08. The maximum absolute atomic E-state index is 11.4. The van der Waals surface area contributed by atoms with Gasteiger partial charge in [-0.3, -0.25) is 14.4 Å². The molecular formula is C12H17N3O5. The van der Waals surface area contributed by atoms with E-state index in [1.54, 1.807) is 11.5 Å². The number of aliphatic carboxylic acids is 1. The molecule has 1 aromatic rings. The fraction of sp³-hybridized carbons (Fsp3) is 0.417. The summed E-state index contributed by atoms with van der Waals surface area (Å²) in [5.41, 5.74) is 5.16. The Labute approximate surface area is 114 Å². The zero-order chi connectivity index (χ0) is 15.3. The number of aromatic hydroxyl groups is 1. The van der Waals surface area contributed by atoms with Crippen molar-refractivity contribution in [3.05, 3.63) is 28.2 Å². The van der Waals surface area contributed by atoms with Gasteiger partial charge in [-0.15, -0.1) is 0 Å². The standard InChI is InChI=1S/C12H17N3O5/c1-7-11(18)9(16)2-4-15(7)5-3-14-10(17)6-8(13)12(19)20/h2,4,8,18H,3,5-6,13H2,1H3,(H,14,17)(H,19,20)/t8-/m0/s1. The van der Waals surface area contributed by atoms with Crippen LogP contribution in [0.25, 0.3) is 0 Å². The Balaban J connectivity index is 2.49. The molecule has 110 valence electrons. The summed E-state index contributed by atoms with van der Waals surface area (Å²) in [6.07, 6.45) is 1.20. The minimum absolute atomic E-state index is 0.230. The molecule has 0 spiro atoms. The molecule has 1 rings (SSSR count). The number of pyridine rings is 1. The summed E-state index contributed by atoms with van der Waals surface area (Å²) in [7, 11) is 0. The molecule has 0 aromatic carbocycles. The third-order valence-electron chi connectivity index (χ3n) is 2.81. The van der Waals surface area contributed by atoms with Crippen LogP contribution in [0.15, 0.2) is 17.1 Å². The Morgan fingerprint density at radius 2 is 2.15 bits per heavy atom. The second-order valence-electron chi connectivity index (χ2n) is 4.31. The van der Waals surface area contributed by atoms with Gasteiger partial charge in [-0.25, -0.2) is 0 Å². The number of carbonyl (C=O) groups excluding carboxylic acids is 1. The Hall–Kier alpha value is -2.35. The fourth-order valence-corrected chi connectivity index (χ4v) is 1.58. The molecule has 8 nitrogen and oxygen atoms in total. The van der Waals surface area contributed by atoms with Crippen molar-refractivity contribution < 1.29 is 19.8 Å². The number of rotatable bonds is 6. The lowest BCUT2D eigenvalue weighted by Crippen LogP contribution is -2.38. The second kappa shape index (κ2) is 6.71. The van der Waals surface area contributed by atoms with Crippen molar-refractivity contribution in [3.63, 3.8) is 0 Å². The minimum Gasteiger partial charge on any atom is -0.503 e. The molecule has 0 saturated carbocycles. The van der Waals surface area contributed by atoms with Crippen LogP contribution in [0.3, 0.4) is 0 Å². The van der Waals surface area contributed by atoms with E-state index < -0.39 is 23.3 Å². The van der Waals surface area contributed by atoms with E-state index in [-0.39, 0.29) is 18.7 Å². The summed E-state index contributed by atoms with van der Waals surface area (Å²) >= 11 is 0. The maximum atomic E-state index is 11.4. The number of nitrogens with zero attached hydrogens (tertiary/aromatic N) is 1. The van der Waals surface area contributed by atoms with Crippen LogP contribution in [0.4, 0.5) is 0 Å². The van der Waals surface area contributed by atoms with E-state index in [0.29, 0.717) is 12.2 Å². The molecule has 1 amide bonds. The summed E-state index contributed by atoms with van der Waals surface area (Å²) in [6, 6.07) is -0.00185. The van der Waals surface area contributed by atoms with Crippen LogP contribution in [0.1, 0.15) is 12.1 Å². The summed E-state index contributed by atoms with van der Waals surface area (Å²) < 4.78 is 1.61. The van der Waals surface area contributed by atoms with Crippen LogP contribution in [0.2, 0.25) is 0 Å². The molecule has 0 bridgehead atoms. The van der Waals surface area contributed by atoms with Crippen LogP contribution < -0.4 is 16.5 Å². The second-order valence-corrected chi connectivity index (χ2v) is 4.31. The molecule has 0 fully saturated rings. The zero-order valence-electron chi connectivity index (χ0n) is 11.0. The number of carbonyl (C=O) groups is 2. The topological polar surface area (TPSA) is 135 Å². The van der Waals surface area contributed by atoms with E-state index in [1.807, 2.05) is 0 Å². The molecule has 1 atom stereocenters. The number of aromatic nitrogens is 1. The van der Waals surface area contributed by atoms with Gasteiger partial charge in [0.15, 0.2) is 5.75 Å². The zero-order valence-corrected chi connectivity index (χ0v) is 11.0. The number of carboxylic acid groups (broad SMARTS) is 1. The lowest BCUT2D eigenvalue weighted by molar-refractivity contribution is -0.140. The number of hydrogen-bond acceptors (Lipinski definition) is 5. The number of nitrogens with one attached hydrogen (secondary N) is 1. The van der Waals surface area contributed by atoms with Crippen molar-refractivity contribution in [2.75, 3.05) is 6.54 Å². The van der Waals surface area contributed by atoms with Gasteiger partial charge in [0.1, 0.15) is 6.04 Å². The summed E-state index contributed by atoms with van der Waals surface area (Å²) in [5, 5.41) is 20.5. The molecule has 0 radical (unpaired) electrons. The first-order valence-electron chi connectivity index (χ1n) is 5.97. The quantitative estimate of drug-likeness (QED) is 0.517. The van der Waals surface area contributed by atoms with Crippen molar-refractivity contribution in [3.8, 4) is 5.75 Å². The number of carboxylic acids is 1. The smallest absolute Gasteiger partial charge is 0.321 e. The van der Waals surface area contributed by atoms with Crippen molar-refractivity contribution >= 4 is 11.9 Å². The predicted molar refractivity (Wildman–Crippen MR) is 70.3 cm³/mol. The number of nitrogens with two attached hydrogens (primary N) is 1. The first kappa shape index (κ1) is 15.7. The van der Waals surface area contributed by atoms with E-state index in [4.69, 9.17) is 10.8 Å². The average Bonchev–Trinajstić information content (AvgIpc) is 2.38. The van der Waals surface area contributed by atoms with Gasteiger partial charge in [-0.05, 0) is 6.92 Å². The SMILES string of the molecule is Cc1c(O)c(=O)ccn1CCNC(=O)C[C@H](N)C(=O)O. The van der Waals surface area contributed by atoms with Crippen molar-refractivity contribution in [2.24, 2.45) is 5.73 Å². The highest BCUT2D eigenvalue weighted by atomic mass is 16.4. The lowest BCUT2D eigenvalue weighted by Gasteiger charge is -2.12. The van der Waals surface area contributed by atoms with Gasteiger partial charge in [0, 0.05) is 25.4 Å². The average molecular weight is 283 g/mol. The Kier molecular flexibility index (Phi) is 5.27. The molecular weight excluding hydrogens is 266 g/mol. The van der Waals surface area contributed by atoms with Crippen LogP contribution in [-0.2, 0) is 16.1 Å². The highest BCUT2D eigenvalue weighted by molar-refractivity contribution is 5.84. The van der Waals surface area contributed by atoms with Crippen LogP contribution in [0.5, 0.6) is 5.75 Å². The van der Waals surface area contributed by atoms with Crippen molar-refractivity contribution in [1.82, 2.24) is 9.88 Å². The van der Waals surface area contributed by atoms with Crippen LogP contribution >= 0.6 is 0 Å². The normalized spacial score (nSPS) is 11.9. The molecule has 8 heteroatoms. The Morgan fingerprint density at radius 1 is 1.50 bits per heavy atom. The lowest BCUT2D eigenvalue weighted by atomic mass is 10.2. The third kappa shape index (κ3) is 4.09. The summed E-state index contributed by atoms with van der Waals surface area (Å²) in [5.74, 6) is -2.03. The number of amides is 1. The molecule has 0 aliphatic carbocycles. The molecule has 0 unspecified atom stereocenters. The van der Waals surface area contributed by atoms with E-state index in [0.717, 1.165) is 0 Å².